The topological polar surface area (TPSA) is 87.5 Å². The molecule has 216 valence electrons. The predicted molar refractivity (Wildman–Crippen MR) is 155 cm³/mol. The maximum atomic E-state index is 14.3. The number of anilines is 1. The van der Waals surface area contributed by atoms with Crippen LogP contribution in [0.4, 0.5) is 19.0 Å². The van der Waals surface area contributed by atoms with E-state index in [4.69, 9.17) is 4.98 Å². The fourth-order valence-electron chi connectivity index (χ4n) is 6.15. The number of fused-ring (bicyclic) bond motifs is 1. The number of aromatic amines is 1. The normalized spacial score (nSPS) is 16.5. The van der Waals surface area contributed by atoms with Crippen LogP contribution in [0, 0.1) is 5.41 Å². The van der Waals surface area contributed by atoms with Crippen molar-refractivity contribution in [2.75, 3.05) is 25.0 Å². The van der Waals surface area contributed by atoms with Gasteiger partial charge >= 0.3 is 6.18 Å². The number of benzene rings is 2. The van der Waals surface area contributed by atoms with Crippen LogP contribution < -0.4 is 5.32 Å². The predicted octanol–water partition coefficient (Wildman–Crippen LogP) is 6.52. The number of nitrogens with one attached hydrogen (secondary N) is 2. The molecule has 0 radical (unpaired) electrons. The molecule has 1 aliphatic heterocycles. The Morgan fingerprint density at radius 1 is 1.02 bits per heavy atom. The molecule has 0 unspecified atom stereocenters. The van der Waals surface area contributed by atoms with E-state index in [2.05, 4.69) is 30.4 Å². The molecule has 1 spiro atoms. The van der Waals surface area contributed by atoms with Gasteiger partial charge in [0, 0.05) is 32.2 Å². The summed E-state index contributed by atoms with van der Waals surface area (Å²) in [5.41, 5.74) is 3.61. The van der Waals surface area contributed by atoms with Crippen LogP contribution in [0.2, 0.25) is 0 Å². The molecule has 7 rings (SSSR count). The summed E-state index contributed by atoms with van der Waals surface area (Å²) in [6.07, 6.45) is 0.686. The van der Waals surface area contributed by atoms with Gasteiger partial charge in [-0.3, -0.25) is 4.90 Å². The first-order chi connectivity index (χ1) is 20.2. The highest BCUT2D eigenvalue weighted by atomic mass is 19.4. The summed E-state index contributed by atoms with van der Waals surface area (Å²) in [5, 5.41) is 11.6. The summed E-state index contributed by atoms with van der Waals surface area (Å²) in [4.78, 5) is 14.6. The van der Waals surface area contributed by atoms with Crippen molar-refractivity contribution in [1.29, 1.82) is 0 Å². The van der Waals surface area contributed by atoms with Gasteiger partial charge in [-0.05, 0) is 79.1 Å². The number of likely N-dealkylation sites (tertiary alicyclic amines) is 1. The molecule has 11 heteroatoms. The minimum Gasteiger partial charge on any atom is -0.370 e. The number of imidazole rings is 1. The lowest BCUT2D eigenvalue weighted by molar-refractivity contribution is -0.136. The Morgan fingerprint density at radius 3 is 2.52 bits per heavy atom. The summed E-state index contributed by atoms with van der Waals surface area (Å²) in [7, 11) is 1.88. The summed E-state index contributed by atoms with van der Waals surface area (Å²) < 4.78 is 44.8. The molecule has 8 nitrogen and oxygen atoms in total. The lowest BCUT2D eigenvalue weighted by Crippen LogP contribution is -2.21. The number of hydrogen-bond acceptors (Lipinski definition) is 6. The number of rotatable bonds is 7. The quantitative estimate of drug-likeness (QED) is 0.231. The van der Waals surface area contributed by atoms with Gasteiger partial charge in [0.1, 0.15) is 23.4 Å². The number of pyridine rings is 1. The van der Waals surface area contributed by atoms with Crippen LogP contribution in [0.15, 0.2) is 54.9 Å². The third-order valence-corrected chi connectivity index (χ3v) is 8.45. The second kappa shape index (κ2) is 9.94. The Hall–Kier alpha value is -4.25. The second-order valence-corrected chi connectivity index (χ2v) is 11.6. The number of alkyl halides is 3. The van der Waals surface area contributed by atoms with E-state index in [1.54, 1.807) is 12.4 Å². The molecule has 2 N–H and O–H groups in total. The highest BCUT2D eigenvalue weighted by Gasteiger charge is 2.47. The maximum absolute atomic E-state index is 14.3. The first-order valence-corrected chi connectivity index (χ1v) is 14.2. The highest BCUT2D eigenvalue weighted by Crippen LogP contribution is 2.53. The van der Waals surface area contributed by atoms with Crippen LogP contribution in [-0.4, -0.2) is 54.3 Å². The van der Waals surface area contributed by atoms with Gasteiger partial charge in [0.2, 0.25) is 0 Å². The minimum absolute atomic E-state index is 0.0991. The van der Waals surface area contributed by atoms with Crippen molar-refractivity contribution in [3.8, 4) is 34.0 Å². The zero-order valence-corrected chi connectivity index (χ0v) is 23.5. The Balaban J connectivity index is 1.32. The van der Waals surface area contributed by atoms with Crippen molar-refractivity contribution in [3.05, 3.63) is 66.0 Å². The highest BCUT2D eigenvalue weighted by molar-refractivity contribution is 5.86. The Morgan fingerprint density at radius 2 is 1.83 bits per heavy atom. The monoisotopic (exact) mass is 572 g/mol. The maximum Gasteiger partial charge on any atom is 0.418 e. The Kier molecular flexibility index (Phi) is 6.30. The summed E-state index contributed by atoms with van der Waals surface area (Å²) in [5.74, 6) is 1.58. The summed E-state index contributed by atoms with van der Waals surface area (Å²) >= 11 is 0. The van der Waals surface area contributed by atoms with E-state index < -0.39 is 11.7 Å². The minimum atomic E-state index is -4.54. The van der Waals surface area contributed by atoms with Gasteiger partial charge in [-0.1, -0.05) is 24.3 Å². The average molecular weight is 573 g/mol. The van der Waals surface area contributed by atoms with Gasteiger partial charge in [0.05, 0.1) is 11.1 Å². The standard InChI is InChI=1S/C31H31F3N8/c1-3-35-26-15-20(21-6-4-5-7-22(21)29-40-36-18-41(29)2)14-25(37-26)28-38-24-13-19(12-23(27(24)39-28)31(32,33)34)16-42-11-10-30(17-42)8-9-30/h4-7,12-15,18H,3,8-11,16-17H2,1-2H3,(H,35,37)(H,38,39). The molecule has 5 aromatic rings. The number of aryl methyl sites for hydroxylation is 1. The average Bonchev–Trinajstić information content (AvgIpc) is 3.25. The van der Waals surface area contributed by atoms with E-state index in [9.17, 15) is 13.2 Å². The molecule has 0 amide bonds. The third kappa shape index (κ3) is 4.91. The van der Waals surface area contributed by atoms with E-state index in [0.717, 1.165) is 36.2 Å². The largest absolute Gasteiger partial charge is 0.418 e. The summed E-state index contributed by atoms with van der Waals surface area (Å²) in [6.45, 7) is 4.96. The van der Waals surface area contributed by atoms with Gasteiger partial charge in [0.15, 0.2) is 11.6 Å². The zero-order valence-electron chi connectivity index (χ0n) is 23.5. The number of H-pyrrole nitrogens is 1. The molecule has 42 heavy (non-hydrogen) atoms. The van der Waals surface area contributed by atoms with Crippen molar-refractivity contribution in [2.24, 2.45) is 12.5 Å². The van der Waals surface area contributed by atoms with E-state index in [-0.39, 0.29) is 11.3 Å². The van der Waals surface area contributed by atoms with Crippen molar-refractivity contribution in [3.63, 3.8) is 0 Å². The smallest absolute Gasteiger partial charge is 0.370 e. The van der Waals surface area contributed by atoms with Crippen molar-refractivity contribution < 1.29 is 13.2 Å². The molecule has 2 aliphatic rings. The Labute approximate surface area is 241 Å². The SMILES string of the molecule is CCNc1cc(-c2ccccc2-c2nncn2C)cc(-c2nc3c(C(F)(F)F)cc(CN4CCC5(CC5)C4)cc3[nH]2)n1. The van der Waals surface area contributed by atoms with Crippen LogP contribution in [0.25, 0.3) is 45.1 Å². The fourth-order valence-corrected chi connectivity index (χ4v) is 6.15. The Bertz CT molecular complexity index is 1780. The lowest BCUT2D eigenvalue weighted by atomic mass is 9.99. The van der Waals surface area contributed by atoms with Crippen molar-refractivity contribution in [2.45, 2.75) is 38.9 Å². The zero-order chi connectivity index (χ0) is 29.1. The number of halogens is 3. The number of hydrogen-bond donors (Lipinski definition) is 2. The number of aromatic nitrogens is 6. The van der Waals surface area contributed by atoms with Crippen molar-refractivity contribution in [1.82, 2.24) is 34.6 Å². The second-order valence-electron chi connectivity index (χ2n) is 11.6. The third-order valence-electron chi connectivity index (χ3n) is 8.45. The first kappa shape index (κ1) is 26.6. The molecular formula is C31H31F3N8. The molecule has 0 bridgehead atoms. The molecule has 3 aromatic heterocycles. The van der Waals surface area contributed by atoms with Crippen molar-refractivity contribution >= 4 is 16.9 Å². The van der Waals surface area contributed by atoms with E-state index in [1.807, 2.05) is 54.9 Å². The number of nitrogens with zero attached hydrogens (tertiary/aromatic N) is 6. The van der Waals surface area contributed by atoms with Gasteiger partial charge in [0.25, 0.3) is 0 Å². The fraction of sp³-hybridized carbons (Fsp3) is 0.355. The molecule has 0 atom stereocenters. The molecular weight excluding hydrogens is 541 g/mol. The van der Waals surface area contributed by atoms with Crippen LogP contribution in [0.1, 0.15) is 37.3 Å². The molecule has 2 aromatic carbocycles. The first-order valence-electron chi connectivity index (χ1n) is 14.2. The van der Waals surface area contributed by atoms with E-state index >= 15 is 0 Å². The molecule has 1 saturated heterocycles. The molecule has 2 fully saturated rings. The lowest BCUT2D eigenvalue weighted by Gasteiger charge is -2.17. The van der Waals surface area contributed by atoms with Crippen LogP contribution >= 0.6 is 0 Å². The summed E-state index contributed by atoms with van der Waals surface area (Å²) in [6, 6.07) is 14.7. The molecule has 1 saturated carbocycles. The van der Waals surface area contributed by atoms with E-state index in [0.29, 0.717) is 46.9 Å². The van der Waals surface area contributed by atoms with Crippen LogP contribution in [0.3, 0.4) is 0 Å². The van der Waals surface area contributed by atoms with Gasteiger partial charge < -0.3 is 14.9 Å². The molecule has 4 heterocycles. The van der Waals surface area contributed by atoms with Gasteiger partial charge in [-0.15, -0.1) is 10.2 Å². The van der Waals surface area contributed by atoms with Gasteiger partial charge in [-0.25, -0.2) is 9.97 Å². The molecule has 1 aliphatic carbocycles. The van der Waals surface area contributed by atoms with Crippen LogP contribution in [0.5, 0.6) is 0 Å². The van der Waals surface area contributed by atoms with Gasteiger partial charge in [-0.2, -0.15) is 13.2 Å². The van der Waals surface area contributed by atoms with E-state index in [1.165, 1.54) is 18.9 Å². The van der Waals surface area contributed by atoms with Crippen LogP contribution in [-0.2, 0) is 19.8 Å².